The van der Waals surface area contributed by atoms with Crippen molar-refractivity contribution >= 4 is 22.8 Å². The number of amides is 2. The van der Waals surface area contributed by atoms with E-state index in [-0.39, 0.29) is 23.7 Å². The van der Waals surface area contributed by atoms with Gasteiger partial charge in [-0.25, -0.2) is 0 Å². The first-order chi connectivity index (χ1) is 15.3. The van der Waals surface area contributed by atoms with Gasteiger partial charge in [0.15, 0.2) is 5.76 Å². The zero-order valence-corrected chi connectivity index (χ0v) is 19.4. The molecule has 1 atom stereocenters. The Kier molecular flexibility index (Phi) is 6.35. The molecule has 0 aliphatic carbocycles. The standard InChI is InChI=1S/C25H32N4O3/c1-17(2)21-14-19(13-20-15-22(32-24(20)21)25(31)27(3)4)18-7-5-10-28(16-18)23(30)8-12-29-11-6-9-26-29/h6,9,11,13-15,17-18H,5,7-8,10,12,16H2,1-4H3/t18-/m0/s1. The Bertz CT molecular complexity index is 1100. The number of furan rings is 1. The molecule has 3 aromatic rings. The van der Waals surface area contributed by atoms with Gasteiger partial charge in [0.1, 0.15) is 5.58 Å². The van der Waals surface area contributed by atoms with Gasteiger partial charge in [0.05, 0.1) is 0 Å². The lowest BCUT2D eigenvalue weighted by Crippen LogP contribution is -2.39. The van der Waals surface area contributed by atoms with Crippen molar-refractivity contribution in [2.75, 3.05) is 27.2 Å². The van der Waals surface area contributed by atoms with Crippen LogP contribution in [0.25, 0.3) is 11.0 Å². The SMILES string of the molecule is CC(C)c1cc([C@H]2CCCN(C(=O)CCn3cccn3)C2)cc2cc(C(=O)N(C)C)oc12. The van der Waals surface area contributed by atoms with E-state index in [0.717, 1.165) is 42.5 Å². The molecule has 32 heavy (non-hydrogen) atoms. The fourth-order valence-electron chi connectivity index (χ4n) is 4.47. The Morgan fingerprint density at radius 1 is 1.25 bits per heavy atom. The Balaban J connectivity index is 1.56. The van der Waals surface area contributed by atoms with E-state index < -0.39 is 0 Å². The summed E-state index contributed by atoms with van der Waals surface area (Å²) >= 11 is 0. The van der Waals surface area contributed by atoms with Crippen LogP contribution in [0.15, 0.2) is 41.1 Å². The molecular formula is C25H32N4O3. The van der Waals surface area contributed by atoms with Crippen LogP contribution in [0.1, 0.15) is 66.6 Å². The quantitative estimate of drug-likeness (QED) is 0.579. The Labute approximate surface area is 189 Å². The van der Waals surface area contributed by atoms with Crippen LogP contribution < -0.4 is 0 Å². The van der Waals surface area contributed by atoms with Gasteiger partial charge < -0.3 is 14.2 Å². The lowest BCUT2D eigenvalue weighted by molar-refractivity contribution is -0.132. The first-order valence-electron chi connectivity index (χ1n) is 11.4. The number of benzene rings is 1. The van der Waals surface area contributed by atoms with Crippen LogP contribution in [0.4, 0.5) is 0 Å². The number of nitrogens with zero attached hydrogens (tertiary/aromatic N) is 4. The van der Waals surface area contributed by atoms with Gasteiger partial charge in [-0.05, 0) is 48.1 Å². The molecule has 1 aromatic carbocycles. The highest BCUT2D eigenvalue weighted by atomic mass is 16.3. The summed E-state index contributed by atoms with van der Waals surface area (Å²) in [6.07, 6.45) is 6.12. The van der Waals surface area contributed by atoms with Gasteiger partial charge >= 0.3 is 0 Å². The molecule has 4 rings (SSSR count). The fourth-order valence-corrected chi connectivity index (χ4v) is 4.47. The van der Waals surface area contributed by atoms with Crippen molar-refractivity contribution in [3.05, 3.63) is 53.5 Å². The van der Waals surface area contributed by atoms with E-state index in [1.54, 1.807) is 25.0 Å². The second-order valence-electron chi connectivity index (χ2n) is 9.19. The maximum absolute atomic E-state index is 12.8. The first-order valence-corrected chi connectivity index (χ1v) is 11.4. The first kappa shape index (κ1) is 22.1. The average Bonchev–Trinajstić information content (AvgIpc) is 3.45. The number of likely N-dealkylation sites (tertiary alicyclic amines) is 1. The van der Waals surface area contributed by atoms with Gasteiger partial charge in [-0.15, -0.1) is 0 Å². The van der Waals surface area contributed by atoms with Crippen LogP contribution in [0.2, 0.25) is 0 Å². The summed E-state index contributed by atoms with van der Waals surface area (Å²) in [6.45, 7) is 6.42. The maximum atomic E-state index is 12.8. The van der Waals surface area contributed by atoms with E-state index in [4.69, 9.17) is 4.42 Å². The molecule has 1 aliphatic heterocycles. The second kappa shape index (κ2) is 9.18. The monoisotopic (exact) mass is 436 g/mol. The van der Waals surface area contributed by atoms with Gasteiger partial charge in [-0.2, -0.15) is 5.10 Å². The molecule has 1 aliphatic rings. The van der Waals surface area contributed by atoms with Gasteiger partial charge in [0.2, 0.25) is 5.91 Å². The number of hydrogen-bond donors (Lipinski definition) is 0. The third kappa shape index (κ3) is 4.56. The zero-order chi connectivity index (χ0) is 22.8. The lowest BCUT2D eigenvalue weighted by Gasteiger charge is -2.33. The number of carbonyl (C=O) groups is 2. The van der Waals surface area contributed by atoms with E-state index in [1.165, 1.54) is 10.5 Å². The van der Waals surface area contributed by atoms with Crippen molar-refractivity contribution in [3.63, 3.8) is 0 Å². The van der Waals surface area contributed by atoms with Crippen molar-refractivity contribution in [1.82, 2.24) is 19.6 Å². The smallest absolute Gasteiger partial charge is 0.289 e. The summed E-state index contributed by atoms with van der Waals surface area (Å²) in [5.74, 6) is 0.952. The molecule has 0 saturated carbocycles. The summed E-state index contributed by atoms with van der Waals surface area (Å²) in [6, 6.07) is 8.07. The summed E-state index contributed by atoms with van der Waals surface area (Å²) in [5, 5.41) is 5.14. The summed E-state index contributed by atoms with van der Waals surface area (Å²) < 4.78 is 7.79. The fraction of sp³-hybridized carbons (Fsp3) is 0.480. The van der Waals surface area contributed by atoms with E-state index in [2.05, 4.69) is 31.1 Å². The molecular weight excluding hydrogens is 404 g/mol. The second-order valence-corrected chi connectivity index (χ2v) is 9.19. The van der Waals surface area contributed by atoms with Crippen LogP contribution in [0.3, 0.4) is 0 Å². The minimum atomic E-state index is -0.135. The number of fused-ring (bicyclic) bond motifs is 1. The lowest BCUT2D eigenvalue weighted by atomic mass is 9.87. The van der Waals surface area contributed by atoms with Crippen molar-refractivity contribution in [2.24, 2.45) is 0 Å². The average molecular weight is 437 g/mol. The zero-order valence-electron chi connectivity index (χ0n) is 19.4. The van der Waals surface area contributed by atoms with Gasteiger partial charge in [-0.3, -0.25) is 14.3 Å². The largest absolute Gasteiger partial charge is 0.451 e. The molecule has 3 heterocycles. The predicted molar refractivity (Wildman–Crippen MR) is 124 cm³/mol. The van der Waals surface area contributed by atoms with Gasteiger partial charge in [-0.1, -0.05) is 19.9 Å². The van der Waals surface area contributed by atoms with Gasteiger partial charge in [0, 0.05) is 63.8 Å². The van der Waals surface area contributed by atoms with Crippen LogP contribution in [-0.4, -0.2) is 58.6 Å². The molecule has 2 amide bonds. The molecule has 1 fully saturated rings. The van der Waals surface area contributed by atoms with Crippen molar-refractivity contribution in [2.45, 2.75) is 51.5 Å². The summed E-state index contributed by atoms with van der Waals surface area (Å²) in [4.78, 5) is 28.8. The van der Waals surface area contributed by atoms with Crippen LogP contribution in [0.5, 0.6) is 0 Å². The molecule has 0 N–H and O–H groups in total. The van der Waals surface area contributed by atoms with Gasteiger partial charge in [0.25, 0.3) is 5.91 Å². The highest BCUT2D eigenvalue weighted by Gasteiger charge is 2.26. The van der Waals surface area contributed by atoms with Crippen molar-refractivity contribution < 1.29 is 14.0 Å². The number of hydrogen-bond acceptors (Lipinski definition) is 4. The van der Waals surface area contributed by atoms with Crippen molar-refractivity contribution in [1.29, 1.82) is 0 Å². The van der Waals surface area contributed by atoms with Crippen molar-refractivity contribution in [3.8, 4) is 0 Å². The Hall–Kier alpha value is -3.09. The normalized spacial score (nSPS) is 16.7. The molecule has 1 saturated heterocycles. The molecule has 170 valence electrons. The third-order valence-corrected chi connectivity index (χ3v) is 6.27. The number of aryl methyl sites for hydroxylation is 1. The maximum Gasteiger partial charge on any atom is 0.289 e. The van der Waals surface area contributed by atoms with Crippen LogP contribution in [0, 0.1) is 0 Å². The van der Waals surface area contributed by atoms with E-state index in [9.17, 15) is 9.59 Å². The minimum absolute atomic E-state index is 0.135. The van der Waals surface area contributed by atoms with Crippen LogP contribution >= 0.6 is 0 Å². The highest BCUT2D eigenvalue weighted by Crippen LogP contribution is 2.35. The van der Waals surface area contributed by atoms with E-state index in [0.29, 0.717) is 18.7 Å². The summed E-state index contributed by atoms with van der Waals surface area (Å²) in [5.41, 5.74) is 3.12. The highest BCUT2D eigenvalue weighted by molar-refractivity contribution is 5.96. The Morgan fingerprint density at radius 2 is 2.06 bits per heavy atom. The topological polar surface area (TPSA) is 71.6 Å². The molecule has 0 bridgehead atoms. The number of carbonyl (C=O) groups excluding carboxylic acids is 2. The molecule has 0 spiro atoms. The van der Waals surface area contributed by atoms with Crippen LogP contribution in [-0.2, 0) is 11.3 Å². The number of piperidine rings is 1. The third-order valence-electron chi connectivity index (χ3n) is 6.27. The summed E-state index contributed by atoms with van der Waals surface area (Å²) in [7, 11) is 3.45. The van der Waals surface area contributed by atoms with E-state index in [1.807, 2.05) is 23.2 Å². The molecule has 2 aromatic heterocycles. The molecule has 7 heteroatoms. The Morgan fingerprint density at radius 3 is 2.75 bits per heavy atom. The molecule has 7 nitrogen and oxygen atoms in total. The molecule has 0 unspecified atom stereocenters. The number of rotatable bonds is 6. The molecule has 0 radical (unpaired) electrons. The number of aromatic nitrogens is 2. The minimum Gasteiger partial charge on any atom is -0.451 e. The van der Waals surface area contributed by atoms with E-state index >= 15 is 0 Å². The predicted octanol–water partition coefficient (Wildman–Crippen LogP) is 4.25.